The van der Waals surface area contributed by atoms with Gasteiger partial charge in [-0.25, -0.2) is 8.42 Å². The molecule has 0 aliphatic heterocycles. The number of hydrogen-bond acceptors (Lipinski definition) is 3. The summed E-state index contributed by atoms with van der Waals surface area (Å²) in [6, 6.07) is 18.4. The minimum Gasteiger partial charge on any atom is -0.322 e. The van der Waals surface area contributed by atoms with Crippen LogP contribution in [0.4, 0.5) is 11.4 Å². The van der Waals surface area contributed by atoms with Crippen LogP contribution < -0.4 is 9.62 Å². The Morgan fingerprint density at radius 1 is 0.966 bits per heavy atom. The lowest BCUT2D eigenvalue weighted by atomic mass is 10.1. The monoisotopic (exact) mass is 428 g/mol. The van der Waals surface area contributed by atoms with Crippen molar-refractivity contribution < 1.29 is 13.2 Å². The maximum atomic E-state index is 12.9. The Balaban J connectivity index is 1.87. The molecule has 1 amide bonds. The topological polar surface area (TPSA) is 66.5 Å². The molecule has 1 N–H and O–H groups in total. The zero-order chi connectivity index (χ0) is 21.2. The summed E-state index contributed by atoms with van der Waals surface area (Å²) in [6.07, 6.45) is 0. The molecule has 0 heterocycles. The van der Waals surface area contributed by atoms with E-state index in [-0.39, 0.29) is 10.8 Å². The van der Waals surface area contributed by atoms with E-state index in [1.807, 2.05) is 13.8 Å². The van der Waals surface area contributed by atoms with Gasteiger partial charge in [-0.15, -0.1) is 0 Å². The molecule has 0 unspecified atom stereocenters. The number of carbonyl (C=O) groups is 1. The lowest BCUT2D eigenvalue weighted by Gasteiger charge is -2.20. The number of nitrogens with zero attached hydrogens (tertiary/aromatic N) is 1. The number of halogens is 1. The first kappa shape index (κ1) is 20.9. The Kier molecular flexibility index (Phi) is 5.96. The van der Waals surface area contributed by atoms with Gasteiger partial charge in [-0.1, -0.05) is 41.4 Å². The zero-order valence-corrected chi connectivity index (χ0v) is 17.9. The highest BCUT2D eigenvalue weighted by atomic mass is 35.5. The second-order valence-electron chi connectivity index (χ2n) is 6.70. The van der Waals surface area contributed by atoms with Crippen molar-refractivity contribution in [3.05, 3.63) is 88.4 Å². The Labute approximate surface area is 176 Å². The first-order chi connectivity index (χ1) is 13.7. The molecule has 3 aromatic carbocycles. The van der Waals surface area contributed by atoms with E-state index in [1.165, 1.54) is 11.4 Å². The van der Waals surface area contributed by atoms with Crippen molar-refractivity contribution in [3.63, 3.8) is 0 Å². The molecule has 29 heavy (non-hydrogen) atoms. The maximum Gasteiger partial charge on any atom is 0.264 e. The third-order valence-corrected chi connectivity index (χ3v) is 6.88. The number of sulfonamides is 1. The average molecular weight is 429 g/mol. The summed E-state index contributed by atoms with van der Waals surface area (Å²) < 4.78 is 27.0. The number of hydrogen-bond donors (Lipinski definition) is 1. The van der Waals surface area contributed by atoms with Crippen LogP contribution in [-0.2, 0) is 10.0 Å². The van der Waals surface area contributed by atoms with Gasteiger partial charge >= 0.3 is 0 Å². The molecule has 0 aromatic heterocycles. The van der Waals surface area contributed by atoms with Gasteiger partial charge in [-0.3, -0.25) is 9.10 Å². The summed E-state index contributed by atoms with van der Waals surface area (Å²) in [7, 11) is -2.27. The van der Waals surface area contributed by atoms with Crippen molar-refractivity contribution in [3.8, 4) is 0 Å². The largest absolute Gasteiger partial charge is 0.322 e. The highest BCUT2D eigenvalue weighted by Gasteiger charge is 2.22. The molecule has 7 heteroatoms. The van der Waals surface area contributed by atoms with Gasteiger partial charge in [0.1, 0.15) is 0 Å². The third kappa shape index (κ3) is 4.44. The molecule has 0 saturated heterocycles. The Hall–Kier alpha value is -2.83. The van der Waals surface area contributed by atoms with Gasteiger partial charge in [0.05, 0.1) is 10.6 Å². The second-order valence-corrected chi connectivity index (χ2v) is 9.08. The summed E-state index contributed by atoms with van der Waals surface area (Å²) in [5.74, 6) is -0.349. The van der Waals surface area contributed by atoms with E-state index < -0.39 is 10.0 Å². The normalized spacial score (nSPS) is 11.2. The summed E-state index contributed by atoms with van der Waals surface area (Å²) in [4.78, 5) is 12.9. The van der Waals surface area contributed by atoms with Gasteiger partial charge in [0.2, 0.25) is 0 Å². The first-order valence-electron chi connectivity index (χ1n) is 8.92. The molecule has 5 nitrogen and oxygen atoms in total. The second kappa shape index (κ2) is 8.27. The fraction of sp³-hybridized carbons (Fsp3) is 0.136. The predicted octanol–water partition coefficient (Wildman–Crippen LogP) is 5.03. The van der Waals surface area contributed by atoms with E-state index in [1.54, 1.807) is 66.7 Å². The number of amides is 1. The molecule has 0 bridgehead atoms. The minimum absolute atomic E-state index is 0.190. The molecule has 0 fully saturated rings. The van der Waals surface area contributed by atoms with Crippen molar-refractivity contribution in [2.45, 2.75) is 18.7 Å². The van der Waals surface area contributed by atoms with E-state index in [9.17, 15) is 13.2 Å². The van der Waals surface area contributed by atoms with Gasteiger partial charge in [-0.2, -0.15) is 0 Å². The van der Waals surface area contributed by atoms with Gasteiger partial charge in [0.15, 0.2) is 0 Å². The lowest BCUT2D eigenvalue weighted by molar-refractivity contribution is 0.102. The van der Waals surface area contributed by atoms with Gasteiger partial charge in [0.25, 0.3) is 15.9 Å². The molecule has 3 rings (SSSR count). The van der Waals surface area contributed by atoms with Gasteiger partial charge < -0.3 is 5.32 Å². The molecule has 3 aromatic rings. The van der Waals surface area contributed by atoms with E-state index in [0.29, 0.717) is 22.0 Å². The van der Waals surface area contributed by atoms with Crippen molar-refractivity contribution in [2.24, 2.45) is 0 Å². The number of rotatable bonds is 5. The Morgan fingerprint density at radius 2 is 1.62 bits per heavy atom. The number of anilines is 2. The number of benzene rings is 3. The summed E-state index contributed by atoms with van der Waals surface area (Å²) in [5.41, 5.74) is 3.07. The zero-order valence-electron chi connectivity index (χ0n) is 16.3. The van der Waals surface area contributed by atoms with Crippen LogP contribution in [0.25, 0.3) is 0 Å². The molecule has 150 valence electrons. The van der Waals surface area contributed by atoms with Crippen molar-refractivity contribution in [1.82, 2.24) is 0 Å². The van der Waals surface area contributed by atoms with Crippen LogP contribution in [-0.4, -0.2) is 21.4 Å². The fourth-order valence-corrected chi connectivity index (χ4v) is 4.15. The SMILES string of the molecule is Cc1ccc(S(=O)(=O)N(C)c2cccc(C(=O)Nc3cccc(Cl)c3C)c2)cc1. The number of nitrogens with one attached hydrogen (secondary N) is 1. The van der Waals surface area contributed by atoms with Crippen molar-refractivity contribution in [2.75, 3.05) is 16.7 Å². The highest BCUT2D eigenvalue weighted by Crippen LogP contribution is 2.26. The average Bonchev–Trinajstić information content (AvgIpc) is 2.71. The van der Waals surface area contributed by atoms with Gasteiger partial charge in [-0.05, 0) is 61.9 Å². The molecule has 0 aliphatic carbocycles. The van der Waals surface area contributed by atoms with Crippen LogP contribution in [0.2, 0.25) is 5.02 Å². The third-order valence-electron chi connectivity index (χ3n) is 4.67. The standard InChI is InChI=1S/C22H21ClN2O3S/c1-15-10-12-19(13-11-15)29(27,28)25(3)18-7-4-6-17(14-18)22(26)24-21-9-5-8-20(23)16(21)2/h4-14H,1-3H3,(H,24,26). The molecule has 0 spiro atoms. The fourth-order valence-electron chi connectivity index (χ4n) is 2.79. The predicted molar refractivity (Wildman–Crippen MR) is 117 cm³/mol. The minimum atomic E-state index is -3.74. The van der Waals surface area contributed by atoms with E-state index in [2.05, 4.69) is 5.32 Å². The maximum absolute atomic E-state index is 12.9. The molecule has 0 atom stereocenters. The van der Waals surface area contributed by atoms with Crippen LogP contribution in [0.5, 0.6) is 0 Å². The first-order valence-corrected chi connectivity index (χ1v) is 10.7. The molecule has 0 radical (unpaired) electrons. The molecular formula is C22H21ClN2O3S. The van der Waals surface area contributed by atoms with E-state index >= 15 is 0 Å². The van der Waals surface area contributed by atoms with Crippen LogP contribution in [0.15, 0.2) is 71.6 Å². The number of aryl methyl sites for hydroxylation is 1. The van der Waals surface area contributed by atoms with E-state index in [4.69, 9.17) is 11.6 Å². The van der Waals surface area contributed by atoms with Crippen LogP contribution in [0.3, 0.4) is 0 Å². The van der Waals surface area contributed by atoms with Crippen LogP contribution in [0, 0.1) is 13.8 Å². The smallest absolute Gasteiger partial charge is 0.264 e. The van der Waals surface area contributed by atoms with Crippen molar-refractivity contribution >= 4 is 38.9 Å². The number of carbonyl (C=O) groups excluding carboxylic acids is 1. The molecular weight excluding hydrogens is 408 g/mol. The van der Waals surface area contributed by atoms with E-state index in [0.717, 1.165) is 11.1 Å². The summed E-state index contributed by atoms with van der Waals surface area (Å²) in [6.45, 7) is 3.71. The summed E-state index contributed by atoms with van der Waals surface area (Å²) >= 11 is 6.10. The van der Waals surface area contributed by atoms with Crippen LogP contribution in [0.1, 0.15) is 21.5 Å². The van der Waals surface area contributed by atoms with Crippen molar-refractivity contribution in [1.29, 1.82) is 0 Å². The lowest BCUT2D eigenvalue weighted by Crippen LogP contribution is -2.27. The molecule has 0 saturated carbocycles. The molecule has 0 aliphatic rings. The Bertz CT molecular complexity index is 1160. The van der Waals surface area contributed by atoms with Crippen LogP contribution >= 0.6 is 11.6 Å². The Morgan fingerprint density at radius 3 is 2.31 bits per heavy atom. The van der Waals surface area contributed by atoms with Gasteiger partial charge in [0, 0.05) is 23.3 Å². The quantitative estimate of drug-likeness (QED) is 0.619. The summed E-state index contributed by atoms with van der Waals surface area (Å²) in [5, 5.41) is 3.37. The highest BCUT2D eigenvalue weighted by molar-refractivity contribution is 7.92.